The van der Waals surface area contributed by atoms with Crippen molar-refractivity contribution in [1.29, 1.82) is 0 Å². The average Bonchev–Trinajstić information content (AvgIpc) is 2.15. The van der Waals surface area contributed by atoms with Gasteiger partial charge in [-0.25, -0.2) is 0 Å². The van der Waals surface area contributed by atoms with E-state index in [1.165, 1.54) is 0 Å². The number of hydrogen-bond acceptors (Lipinski definition) is 3. The molecule has 0 fully saturated rings. The van der Waals surface area contributed by atoms with Gasteiger partial charge in [0.2, 0.25) is 0 Å². The van der Waals surface area contributed by atoms with Gasteiger partial charge in [0.1, 0.15) is 0 Å². The molecule has 4 heteroatoms. The van der Waals surface area contributed by atoms with E-state index in [1.807, 2.05) is 19.1 Å². The highest BCUT2D eigenvalue weighted by atomic mass is 16.6. The van der Waals surface area contributed by atoms with Gasteiger partial charge in [-0.1, -0.05) is 19.9 Å². The molecule has 0 amide bonds. The molecule has 4 nitrogen and oxygen atoms in total. The molecule has 0 saturated carbocycles. The van der Waals surface area contributed by atoms with Crippen LogP contribution < -0.4 is 5.73 Å². The van der Waals surface area contributed by atoms with E-state index >= 15 is 0 Å². The largest absolute Gasteiger partial charge is 0.327 e. The molecule has 94 valence electrons. The van der Waals surface area contributed by atoms with Crippen LogP contribution in [0.2, 0.25) is 0 Å². The van der Waals surface area contributed by atoms with E-state index in [-0.39, 0.29) is 22.6 Å². The van der Waals surface area contributed by atoms with Gasteiger partial charge in [0.25, 0.3) is 5.69 Å². The number of aryl methyl sites for hydroxylation is 1. The van der Waals surface area contributed by atoms with Crippen molar-refractivity contribution < 1.29 is 4.92 Å². The van der Waals surface area contributed by atoms with Crippen molar-refractivity contribution in [3.63, 3.8) is 0 Å². The number of hydrogen-bond donors (Lipinski definition) is 1. The first-order chi connectivity index (χ1) is 7.84. The zero-order chi connectivity index (χ0) is 13.2. The predicted octanol–water partition coefficient (Wildman–Crippen LogP) is 2.99. The van der Waals surface area contributed by atoms with Crippen LogP contribution in [0.1, 0.15) is 37.8 Å². The molecule has 1 aromatic carbocycles. The highest BCUT2D eigenvalue weighted by Crippen LogP contribution is 2.30. The van der Waals surface area contributed by atoms with E-state index in [4.69, 9.17) is 5.73 Å². The van der Waals surface area contributed by atoms with Crippen molar-refractivity contribution in [2.24, 2.45) is 11.7 Å². The second kappa shape index (κ2) is 5.27. The number of nitro benzene ring substituents is 1. The number of nitrogens with two attached hydrogens (primary N) is 1. The second-order valence-electron chi connectivity index (χ2n) is 4.93. The first kappa shape index (κ1) is 13.6. The zero-order valence-corrected chi connectivity index (χ0v) is 10.8. The van der Waals surface area contributed by atoms with Crippen LogP contribution in [0.4, 0.5) is 5.69 Å². The molecule has 2 unspecified atom stereocenters. The molecule has 2 atom stereocenters. The molecule has 0 aliphatic carbocycles. The molecule has 2 N–H and O–H groups in total. The molecule has 1 aromatic rings. The number of benzene rings is 1. The fourth-order valence-electron chi connectivity index (χ4n) is 2.39. The van der Waals surface area contributed by atoms with E-state index in [1.54, 1.807) is 13.0 Å². The predicted molar refractivity (Wildman–Crippen MR) is 69.1 cm³/mol. The lowest BCUT2D eigenvalue weighted by molar-refractivity contribution is -0.385. The minimum absolute atomic E-state index is 0.0378. The first-order valence-corrected chi connectivity index (χ1v) is 5.85. The molecule has 0 aliphatic heterocycles. The molecule has 1 rings (SSSR count). The highest BCUT2D eigenvalue weighted by Gasteiger charge is 2.22. The fraction of sp³-hybridized carbons (Fsp3) is 0.538. The maximum absolute atomic E-state index is 10.8. The first-order valence-electron chi connectivity index (χ1n) is 5.85. The van der Waals surface area contributed by atoms with Gasteiger partial charge in [0, 0.05) is 23.6 Å². The molecule has 17 heavy (non-hydrogen) atoms. The van der Waals surface area contributed by atoms with E-state index in [9.17, 15) is 10.1 Å². The zero-order valence-electron chi connectivity index (χ0n) is 10.8. The lowest BCUT2D eigenvalue weighted by atomic mass is 9.83. The Hall–Kier alpha value is -1.42. The van der Waals surface area contributed by atoms with Gasteiger partial charge >= 0.3 is 0 Å². The summed E-state index contributed by atoms with van der Waals surface area (Å²) >= 11 is 0. The molecule has 0 aromatic heterocycles. The van der Waals surface area contributed by atoms with Gasteiger partial charge in [0.15, 0.2) is 0 Å². The van der Waals surface area contributed by atoms with Gasteiger partial charge in [-0.2, -0.15) is 0 Å². The Morgan fingerprint density at radius 1 is 1.29 bits per heavy atom. The fourth-order valence-corrected chi connectivity index (χ4v) is 2.39. The van der Waals surface area contributed by atoms with Gasteiger partial charge in [-0.05, 0) is 31.4 Å². The molecular weight excluding hydrogens is 216 g/mol. The minimum Gasteiger partial charge on any atom is -0.327 e. The third-order valence-electron chi connectivity index (χ3n) is 3.09. The van der Waals surface area contributed by atoms with Crippen LogP contribution in [0.15, 0.2) is 18.2 Å². The Bertz CT molecular complexity index is 406. The van der Waals surface area contributed by atoms with Crippen LogP contribution in [0.25, 0.3) is 0 Å². The van der Waals surface area contributed by atoms with Crippen LogP contribution in [-0.2, 0) is 0 Å². The Kier molecular flexibility index (Phi) is 4.23. The summed E-state index contributed by atoms with van der Waals surface area (Å²) in [6, 6.07) is 5.31. The highest BCUT2D eigenvalue weighted by molar-refractivity contribution is 5.43. The Balaban J connectivity index is 3.15. The average molecular weight is 236 g/mol. The van der Waals surface area contributed by atoms with Crippen molar-refractivity contribution in [3.05, 3.63) is 39.4 Å². The van der Waals surface area contributed by atoms with Crippen molar-refractivity contribution in [2.45, 2.75) is 39.7 Å². The number of rotatable bonds is 4. The molecule has 0 spiro atoms. The summed E-state index contributed by atoms with van der Waals surface area (Å²) in [6.45, 7) is 7.97. The van der Waals surface area contributed by atoms with Crippen LogP contribution >= 0.6 is 0 Å². The third kappa shape index (κ3) is 3.03. The van der Waals surface area contributed by atoms with Crippen molar-refractivity contribution >= 4 is 5.69 Å². The Labute approximate surface area is 102 Å². The standard InChI is InChI=1S/C13H20N2O2/c1-8(2)13(10(4)14)11-5-6-12(15(16)17)9(3)7-11/h5-8,10,13H,14H2,1-4H3. The van der Waals surface area contributed by atoms with E-state index in [0.29, 0.717) is 11.5 Å². The second-order valence-corrected chi connectivity index (χ2v) is 4.93. The lowest BCUT2D eigenvalue weighted by Crippen LogP contribution is -2.28. The van der Waals surface area contributed by atoms with Gasteiger partial charge in [-0.15, -0.1) is 0 Å². The van der Waals surface area contributed by atoms with Crippen LogP contribution in [0.3, 0.4) is 0 Å². The summed E-state index contributed by atoms with van der Waals surface area (Å²) in [5, 5.41) is 10.8. The van der Waals surface area contributed by atoms with Crippen LogP contribution in [0.5, 0.6) is 0 Å². The topological polar surface area (TPSA) is 69.2 Å². The quantitative estimate of drug-likeness (QED) is 0.645. The molecule has 0 bridgehead atoms. The Morgan fingerprint density at radius 2 is 1.88 bits per heavy atom. The maximum atomic E-state index is 10.8. The van der Waals surface area contributed by atoms with Gasteiger partial charge < -0.3 is 5.73 Å². The third-order valence-corrected chi connectivity index (χ3v) is 3.09. The summed E-state index contributed by atoms with van der Waals surface area (Å²) in [6.07, 6.45) is 0. The van der Waals surface area contributed by atoms with E-state index in [2.05, 4.69) is 13.8 Å². The normalized spacial score (nSPS) is 14.7. The van der Waals surface area contributed by atoms with Crippen molar-refractivity contribution in [1.82, 2.24) is 0 Å². The summed E-state index contributed by atoms with van der Waals surface area (Å²) in [4.78, 5) is 10.4. The number of nitrogens with zero attached hydrogens (tertiary/aromatic N) is 1. The molecule has 0 heterocycles. The Morgan fingerprint density at radius 3 is 2.24 bits per heavy atom. The van der Waals surface area contributed by atoms with Crippen LogP contribution in [0, 0.1) is 23.0 Å². The van der Waals surface area contributed by atoms with Crippen molar-refractivity contribution in [2.75, 3.05) is 0 Å². The van der Waals surface area contributed by atoms with E-state index in [0.717, 1.165) is 5.56 Å². The summed E-state index contributed by atoms with van der Waals surface area (Å²) < 4.78 is 0. The minimum atomic E-state index is -0.352. The molecular formula is C13H20N2O2. The molecule has 0 saturated heterocycles. The summed E-state index contributed by atoms with van der Waals surface area (Å²) in [5.74, 6) is 0.644. The monoisotopic (exact) mass is 236 g/mol. The maximum Gasteiger partial charge on any atom is 0.272 e. The molecule has 0 radical (unpaired) electrons. The van der Waals surface area contributed by atoms with Crippen molar-refractivity contribution in [3.8, 4) is 0 Å². The molecule has 0 aliphatic rings. The summed E-state index contributed by atoms with van der Waals surface area (Å²) in [7, 11) is 0. The SMILES string of the molecule is Cc1cc(C(C(C)C)C(C)N)ccc1[N+](=O)[O-]. The van der Waals surface area contributed by atoms with Gasteiger partial charge in [-0.3, -0.25) is 10.1 Å². The van der Waals surface area contributed by atoms with E-state index < -0.39 is 0 Å². The smallest absolute Gasteiger partial charge is 0.272 e. The summed E-state index contributed by atoms with van der Waals surface area (Å²) in [5.41, 5.74) is 7.93. The number of nitro groups is 1. The van der Waals surface area contributed by atoms with Gasteiger partial charge in [0.05, 0.1) is 4.92 Å². The van der Waals surface area contributed by atoms with Crippen LogP contribution in [-0.4, -0.2) is 11.0 Å². The lowest BCUT2D eigenvalue weighted by Gasteiger charge is -2.25.